The van der Waals surface area contributed by atoms with Crippen LogP contribution < -0.4 is 10.2 Å². The Labute approximate surface area is 205 Å². The molecule has 0 atom stereocenters. The Kier molecular flexibility index (Phi) is 7.58. The molecular weight excluding hydrogens is 449 g/mol. The first-order valence-corrected chi connectivity index (χ1v) is 12.5. The fourth-order valence-electron chi connectivity index (χ4n) is 3.94. The van der Waals surface area contributed by atoms with Crippen molar-refractivity contribution in [3.05, 3.63) is 76.9 Å². The summed E-state index contributed by atoms with van der Waals surface area (Å²) in [5.41, 5.74) is 3.00. The Morgan fingerprint density at radius 2 is 1.71 bits per heavy atom. The van der Waals surface area contributed by atoms with Crippen LogP contribution in [0.4, 0.5) is 9.52 Å². The third-order valence-electron chi connectivity index (χ3n) is 6.10. The van der Waals surface area contributed by atoms with Crippen LogP contribution in [0.1, 0.15) is 48.1 Å². The normalized spacial score (nSPS) is 14.9. The van der Waals surface area contributed by atoms with Crippen molar-refractivity contribution in [2.45, 2.75) is 32.6 Å². The van der Waals surface area contributed by atoms with E-state index in [0.29, 0.717) is 18.5 Å². The quantitative estimate of drug-likeness (QED) is 0.550. The van der Waals surface area contributed by atoms with Crippen LogP contribution in [0.25, 0.3) is 0 Å². The third kappa shape index (κ3) is 6.39. The Bertz CT molecular complexity index is 1080. The van der Waals surface area contributed by atoms with Gasteiger partial charge in [-0.15, -0.1) is 0 Å². The van der Waals surface area contributed by atoms with Crippen molar-refractivity contribution >= 4 is 22.6 Å². The molecule has 1 fully saturated rings. The summed E-state index contributed by atoms with van der Waals surface area (Å²) in [6.07, 6.45) is 0.607. The summed E-state index contributed by atoms with van der Waals surface area (Å²) in [6, 6.07) is 14.4. The molecule has 0 unspecified atom stereocenters. The first-order valence-electron chi connectivity index (χ1n) is 11.7. The van der Waals surface area contributed by atoms with Gasteiger partial charge in [0.05, 0.1) is 0 Å². The summed E-state index contributed by atoms with van der Waals surface area (Å²) >= 11 is 1.42. The second-order valence-electron chi connectivity index (χ2n) is 9.71. The van der Waals surface area contributed by atoms with E-state index in [4.69, 9.17) is 0 Å². The van der Waals surface area contributed by atoms with Crippen LogP contribution in [0.15, 0.2) is 48.5 Å². The lowest BCUT2D eigenvalue weighted by atomic mass is 9.87. The van der Waals surface area contributed by atoms with Crippen LogP contribution in [0.5, 0.6) is 0 Å². The van der Waals surface area contributed by atoms with Gasteiger partial charge in [0.25, 0.3) is 5.91 Å². The molecule has 180 valence electrons. The van der Waals surface area contributed by atoms with E-state index in [1.54, 1.807) is 12.1 Å². The summed E-state index contributed by atoms with van der Waals surface area (Å²) in [6.45, 7) is 11.6. The summed E-state index contributed by atoms with van der Waals surface area (Å²) < 4.78 is 17.6. The van der Waals surface area contributed by atoms with Crippen molar-refractivity contribution in [1.82, 2.24) is 19.6 Å². The van der Waals surface area contributed by atoms with E-state index in [9.17, 15) is 9.18 Å². The number of aromatic nitrogens is 2. The lowest BCUT2D eigenvalue weighted by Gasteiger charge is -2.34. The summed E-state index contributed by atoms with van der Waals surface area (Å²) in [5.74, 6) is 0.511. The van der Waals surface area contributed by atoms with E-state index in [0.717, 1.165) is 49.2 Å². The van der Waals surface area contributed by atoms with Gasteiger partial charge in [0, 0.05) is 62.8 Å². The molecule has 3 aromatic rings. The highest BCUT2D eigenvalue weighted by molar-refractivity contribution is 7.09. The molecule has 2 aromatic carbocycles. The Hall–Kier alpha value is -2.84. The van der Waals surface area contributed by atoms with Gasteiger partial charge in [-0.1, -0.05) is 45.0 Å². The van der Waals surface area contributed by atoms with Crippen LogP contribution in [-0.2, 0) is 11.8 Å². The number of anilines is 1. The van der Waals surface area contributed by atoms with Crippen molar-refractivity contribution in [2.75, 3.05) is 44.2 Å². The highest BCUT2D eigenvalue weighted by Gasteiger charge is 2.20. The molecule has 1 N–H and O–H groups in total. The molecule has 0 radical (unpaired) electrons. The minimum atomic E-state index is -0.233. The summed E-state index contributed by atoms with van der Waals surface area (Å²) in [4.78, 5) is 21.8. The zero-order valence-electron chi connectivity index (χ0n) is 20.1. The third-order valence-corrected chi connectivity index (χ3v) is 6.92. The van der Waals surface area contributed by atoms with E-state index in [2.05, 4.69) is 45.2 Å². The highest BCUT2D eigenvalue weighted by atomic mass is 32.1. The smallest absolute Gasteiger partial charge is 0.251 e. The molecule has 34 heavy (non-hydrogen) atoms. The summed E-state index contributed by atoms with van der Waals surface area (Å²) in [7, 11) is 0. The number of hydrogen-bond acceptors (Lipinski definition) is 6. The lowest BCUT2D eigenvalue weighted by molar-refractivity contribution is 0.0947. The number of benzene rings is 2. The number of amides is 1. The van der Waals surface area contributed by atoms with Gasteiger partial charge < -0.3 is 10.2 Å². The monoisotopic (exact) mass is 481 g/mol. The van der Waals surface area contributed by atoms with Gasteiger partial charge in [-0.25, -0.2) is 9.37 Å². The van der Waals surface area contributed by atoms with Gasteiger partial charge in [-0.2, -0.15) is 4.37 Å². The maximum Gasteiger partial charge on any atom is 0.251 e. The molecule has 1 amide bonds. The maximum absolute atomic E-state index is 13.1. The van der Waals surface area contributed by atoms with Crippen molar-refractivity contribution in [1.29, 1.82) is 0 Å². The van der Waals surface area contributed by atoms with Crippen LogP contribution in [-0.4, -0.2) is 59.4 Å². The van der Waals surface area contributed by atoms with E-state index in [1.165, 1.54) is 29.2 Å². The van der Waals surface area contributed by atoms with Crippen LogP contribution in [0, 0.1) is 5.82 Å². The van der Waals surface area contributed by atoms with E-state index in [-0.39, 0.29) is 17.1 Å². The first kappa shape index (κ1) is 24.3. The van der Waals surface area contributed by atoms with Gasteiger partial charge in [0.1, 0.15) is 11.6 Å². The summed E-state index contributed by atoms with van der Waals surface area (Å²) in [5, 5.41) is 3.97. The van der Waals surface area contributed by atoms with Gasteiger partial charge in [0.15, 0.2) is 0 Å². The molecule has 6 nitrogen and oxygen atoms in total. The van der Waals surface area contributed by atoms with Gasteiger partial charge in [-0.05, 0) is 40.8 Å². The Morgan fingerprint density at radius 1 is 1.03 bits per heavy atom. The zero-order valence-corrected chi connectivity index (χ0v) is 20.9. The fourth-order valence-corrected chi connectivity index (χ4v) is 4.68. The molecule has 8 heteroatoms. The van der Waals surface area contributed by atoms with Crippen molar-refractivity contribution in [3.63, 3.8) is 0 Å². The van der Waals surface area contributed by atoms with Gasteiger partial charge in [0.2, 0.25) is 5.13 Å². The first-order chi connectivity index (χ1) is 16.3. The predicted molar refractivity (Wildman–Crippen MR) is 135 cm³/mol. The maximum atomic E-state index is 13.1. The Balaban J connectivity index is 1.19. The SMILES string of the molecule is CC(C)(C)c1ccc(C(=O)NCCN2CCN(c3nc(Cc4ccc(F)cc4)ns3)CC2)cc1. The van der Waals surface area contributed by atoms with Gasteiger partial charge in [-0.3, -0.25) is 9.69 Å². The molecule has 1 saturated heterocycles. The average molecular weight is 482 g/mol. The number of nitrogens with zero attached hydrogens (tertiary/aromatic N) is 4. The zero-order chi connectivity index (χ0) is 24.1. The number of rotatable bonds is 7. The van der Waals surface area contributed by atoms with Crippen LogP contribution >= 0.6 is 11.5 Å². The number of hydrogen-bond donors (Lipinski definition) is 1. The number of nitrogens with one attached hydrogen (secondary N) is 1. The minimum Gasteiger partial charge on any atom is -0.351 e. The number of halogens is 1. The number of carbonyl (C=O) groups excluding carboxylic acids is 1. The second-order valence-corrected chi connectivity index (χ2v) is 10.4. The molecule has 0 saturated carbocycles. The number of piperazine rings is 1. The molecule has 0 aliphatic carbocycles. The standard InChI is InChI=1S/C26H32FN5OS/c1-26(2,3)21-8-6-20(7-9-21)24(33)28-12-13-31-14-16-32(17-15-31)25-29-23(30-34-25)18-19-4-10-22(27)11-5-19/h4-11H,12-18H2,1-3H3,(H,28,33). The molecule has 2 heterocycles. The minimum absolute atomic E-state index is 0.0263. The molecule has 1 aliphatic heterocycles. The number of carbonyl (C=O) groups is 1. The van der Waals surface area contributed by atoms with Crippen LogP contribution in [0.3, 0.4) is 0 Å². The fraction of sp³-hybridized carbons (Fsp3) is 0.423. The topological polar surface area (TPSA) is 61.4 Å². The molecule has 1 aromatic heterocycles. The van der Waals surface area contributed by atoms with Crippen molar-refractivity contribution in [2.24, 2.45) is 0 Å². The van der Waals surface area contributed by atoms with Crippen molar-refractivity contribution < 1.29 is 9.18 Å². The molecule has 0 bridgehead atoms. The molecule has 1 aliphatic rings. The second kappa shape index (κ2) is 10.6. The van der Waals surface area contributed by atoms with E-state index in [1.807, 2.05) is 24.3 Å². The molecule has 0 spiro atoms. The van der Waals surface area contributed by atoms with E-state index < -0.39 is 0 Å². The van der Waals surface area contributed by atoms with Crippen LogP contribution in [0.2, 0.25) is 0 Å². The van der Waals surface area contributed by atoms with Gasteiger partial charge >= 0.3 is 0 Å². The van der Waals surface area contributed by atoms with E-state index >= 15 is 0 Å². The highest BCUT2D eigenvalue weighted by Crippen LogP contribution is 2.22. The molecular formula is C26H32FN5OS. The largest absolute Gasteiger partial charge is 0.351 e. The molecule has 4 rings (SSSR count). The average Bonchev–Trinajstić information content (AvgIpc) is 3.29. The van der Waals surface area contributed by atoms with Crippen molar-refractivity contribution in [3.8, 4) is 0 Å². The Morgan fingerprint density at radius 3 is 2.35 bits per heavy atom. The predicted octanol–water partition coefficient (Wildman–Crippen LogP) is 4.12. The lowest BCUT2D eigenvalue weighted by Crippen LogP contribution is -2.48.